The molecule has 0 fully saturated rings. The number of hydrogen-bond donors (Lipinski definition) is 0. The summed E-state index contributed by atoms with van der Waals surface area (Å²) < 4.78 is 0. The van der Waals surface area contributed by atoms with Gasteiger partial charge < -0.3 is 0 Å². The van der Waals surface area contributed by atoms with Crippen LogP contribution in [0.2, 0.25) is 5.15 Å². The molecule has 0 aromatic carbocycles. The minimum atomic E-state index is 0.535. The Labute approximate surface area is 123 Å². The van der Waals surface area contributed by atoms with Crippen LogP contribution in [0.25, 0.3) is 16.0 Å². The number of pyridine rings is 1. The first-order valence-electron chi connectivity index (χ1n) is 6.29. The lowest BCUT2D eigenvalue weighted by Gasteiger charge is -2.06. The molecule has 0 N–H and O–H groups in total. The molecular formula is C16H16ClNS. The molecule has 0 aliphatic rings. The molecule has 0 amide bonds. The van der Waals surface area contributed by atoms with Crippen LogP contribution in [0.1, 0.15) is 26.0 Å². The number of halogens is 1. The molecule has 19 heavy (non-hydrogen) atoms. The first-order valence-corrected chi connectivity index (χ1v) is 7.55. The largest absolute Gasteiger partial charge is 0.236 e. The van der Waals surface area contributed by atoms with E-state index in [-0.39, 0.29) is 0 Å². The quantitative estimate of drug-likeness (QED) is 0.509. The molecule has 0 saturated carbocycles. The highest BCUT2D eigenvalue weighted by Gasteiger charge is 2.06. The first kappa shape index (κ1) is 14.0. The summed E-state index contributed by atoms with van der Waals surface area (Å²) in [5.41, 5.74) is 3.16. The molecule has 2 aromatic heterocycles. The van der Waals surface area contributed by atoms with Crippen molar-refractivity contribution in [3.05, 3.63) is 58.7 Å². The maximum Gasteiger partial charge on any atom is 0.130 e. The van der Waals surface area contributed by atoms with Gasteiger partial charge in [-0.15, -0.1) is 11.3 Å². The molecular weight excluding hydrogens is 274 g/mol. The second-order valence-electron chi connectivity index (χ2n) is 4.11. The molecule has 0 aliphatic carbocycles. The summed E-state index contributed by atoms with van der Waals surface area (Å²) in [6.07, 6.45) is 7.23. The highest BCUT2D eigenvalue weighted by molar-refractivity contribution is 7.13. The van der Waals surface area contributed by atoms with Gasteiger partial charge in [0.05, 0.1) is 5.69 Å². The number of rotatable bonds is 4. The van der Waals surface area contributed by atoms with E-state index in [2.05, 4.69) is 41.6 Å². The van der Waals surface area contributed by atoms with Crippen LogP contribution in [-0.4, -0.2) is 4.98 Å². The lowest BCUT2D eigenvalue weighted by molar-refractivity contribution is 1.21. The second-order valence-corrected chi connectivity index (χ2v) is 5.44. The lowest BCUT2D eigenvalue weighted by Crippen LogP contribution is -1.89. The summed E-state index contributed by atoms with van der Waals surface area (Å²) in [6.45, 7) is 4.13. The third-order valence-corrected chi connectivity index (χ3v) is 3.78. The Bertz CT molecular complexity index is 597. The van der Waals surface area contributed by atoms with Crippen LogP contribution in [0.4, 0.5) is 0 Å². The van der Waals surface area contributed by atoms with Gasteiger partial charge in [-0.25, -0.2) is 4.98 Å². The molecule has 98 valence electrons. The van der Waals surface area contributed by atoms with Gasteiger partial charge in [-0.1, -0.05) is 42.8 Å². The van der Waals surface area contributed by atoms with Gasteiger partial charge in [0, 0.05) is 4.88 Å². The van der Waals surface area contributed by atoms with Crippen LogP contribution in [0.3, 0.4) is 0 Å². The van der Waals surface area contributed by atoms with Gasteiger partial charge in [-0.3, -0.25) is 0 Å². The van der Waals surface area contributed by atoms with E-state index in [0.29, 0.717) is 5.15 Å². The Morgan fingerprint density at radius 2 is 2.26 bits per heavy atom. The van der Waals surface area contributed by atoms with E-state index in [4.69, 9.17) is 11.6 Å². The average molecular weight is 290 g/mol. The van der Waals surface area contributed by atoms with E-state index < -0.39 is 0 Å². The molecule has 0 radical (unpaired) electrons. The topological polar surface area (TPSA) is 12.9 Å². The Morgan fingerprint density at radius 3 is 2.89 bits per heavy atom. The minimum absolute atomic E-state index is 0.535. The summed E-state index contributed by atoms with van der Waals surface area (Å²) in [5, 5.41) is 2.60. The molecule has 2 aromatic rings. The van der Waals surface area contributed by atoms with Crippen molar-refractivity contribution in [1.82, 2.24) is 4.98 Å². The second kappa shape index (κ2) is 6.69. The smallest absolute Gasteiger partial charge is 0.130 e. The van der Waals surface area contributed by atoms with Crippen molar-refractivity contribution in [2.75, 3.05) is 0 Å². The summed E-state index contributed by atoms with van der Waals surface area (Å²) in [5.74, 6) is 0. The molecule has 0 bridgehead atoms. The van der Waals surface area contributed by atoms with Gasteiger partial charge in [0.1, 0.15) is 5.15 Å². The summed E-state index contributed by atoms with van der Waals surface area (Å²) >= 11 is 7.86. The third kappa shape index (κ3) is 3.55. The monoisotopic (exact) mass is 289 g/mol. The maximum absolute atomic E-state index is 6.15. The molecule has 0 spiro atoms. The molecule has 1 nitrogen and oxygen atoms in total. The summed E-state index contributed by atoms with van der Waals surface area (Å²) in [6, 6.07) is 8.15. The fourth-order valence-corrected chi connectivity index (χ4v) is 2.81. The number of allylic oxidation sites excluding steroid dienone is 4. The average Bonchev–Trinajstić information content (AvgIpc) is 2.91. The zero-order valence-electron chi connectivity index (χ0n) is 11.1. The van der Waals surface area contributed by atoms with Crippen molar-refractivity contribution in [1.29, 1.82) is 0 Å². The Kier molecular flexibility index (Phi) is 4.94. The van der Waals surface area contributed by atoms with Gasteiger partial charge in [-0.2, -0.15) is 0 Å². The van der Waals surface area contributed by atoms with Crippen LogP contribution in [0, 0.1) is 0 Å². The number of aromatic nitrogens is 1. The van der Waals surface area contributed by atoms with Crippen molar-refractivity contribution in [2.24, 2.45) is 0 Å². The van der Waals surface area contributed by atoms with Crippen LogP contribution >= 0.6 is 22.9 Å². The highest BCUT2D eigenvalue weighted by atomic mass is 35.5. The molecule has 0 atom stereocenters. The van der Waals surface area contributed by atoms with E-state index in [1.807, 2.05) is 25.1 Å². The van der Waals surface area contributed by atoms with Crippen molar-refractivity contribution in [2.45, 2.75) is 20.3 Å². The Morgan fingerprint density at radius 1 is 1.42 bits per heavy atom. The van der Waals surface area contributed by atoms with E-state index in [1.165, 1.54) is 4.88 Å². The van der Waals surface area contributed by atoms with Gasteiger partial charge in [-0.05, 0) is 48.1 Å². The zero-order chi connectivity index (χ0) is 13.7. The number of thiophene rings is 1. The van der Waals surface area contributed by atoms with Crippen LogP contribution in [-0.2, 0) is 0 Å². The van der Waals surface area contributed by atoms with Crippen molar-refractivity contribution < 1.29 is 0 Å². The molecule has 0 aliphatic heterocycles. The lowest BCUT2D eigenvalue weighted by atomic mass is 10.1. The Hall–Kier alpha value is -1.38. The first-order chi connectivity index (χ1) is 9.24. The van der Waals surface area contributed by atoms with E-state index in [9.17, 15) is 0 Å². The van der Waals surface area contributed by atoms with Crippen LogP contribution in [0.15, 0.2) is 47.9 Å². The van der Waals surface area contributed by atoms with Gasteiger partial charge in [0.25, 0.3) is 0 Å². The number of hydrogen-bond acceptors (Lipinski definition) is 2. The van der Waals surface area contributed by atoms with Crippen molar-refractivity contribution in [3.8, 4) is 10.4 Å². The predicted octanol–water partition coefficient (Wildman–Crippen LogP) is 5.83. The molecule has 0 unspecified atom stereocenters. The highest BCUT2D eigenvalue weighted by Crippen LogP contribution is 2.29. The summed E-state index contributed by atoms with van der Waals surface area (Å²) in [4.78, 5) is 5.64. The van der Waals surface area contributed by atoms with Gasteiger partial charge >= 0.3 is 0 Å². The van der Waals surface area contributed by atoms with Crippen LogP contribution < -0.4 is 0 Å². The standard InChI is InChI=1S/C16H16ClNS/c1-3-6-12(7-4-2)14-10-13(11-16(17)18-14)15-8-5-9-19-15/h3,5-11H,4H2,1-2H3/b6-3-,12-7+. The van der Waals surface area contributed by atoms with Crippen molar-refractivity contribution >= 4 is 28.5 Å². The molecule has 0 saturated heterocycles. The molecule has 2 heterocycles. The van der Waals surface area contributed by atoms with E-state index >= 15 is 0 Å². The van der Waals surface area contributed by atoms with Gasteiger partial charge in [0.2, 0.25) is 0 Å². The molecule has 3 heteroatoms. The van der Waals surface area contributed by atoms with Crippen LogP contribution in [0.5, 0.6) is 0 Å². The maximum atomic E-state index is 6.15. The van der Waals surface area contributed by atoms with E-state index in [0.717, 1.165) is 23.3 Å². The molecule has 2 rings (SSSR count). The van der Waals surface area contributed by atoms with Crippen molar-refractivity contribution in [3.63, 3.8) is 0 Å². The minimum Gasteiger partial charge on any atom is -0.236 e. The fourth-order valence-electron chi connectivity index (χ4n) is 1.89. The predicted molar refractivity (Wildman–Crippen MR) is 85.6 cm³/mol. The SMILES string of the molecule is C/C=C\C(=C/CC)c1cc(-c2cccs2)cc(Cl)n1. The van der Waals surface area contributed by atoms with E-state index in [1.54, 1.807) is 11.3 Å². The Balaban J connectivity index is 2.49. The number of nitrogens with zero attached hydrogens (tertiary/aromatic N) is 1. The summed E-state index contributed by atoms with van der Waals surface area (Å²) in [7, 11) is 0. The fraction of sp³-hybridized carbons (Fsp3) is 0.188. The third-order valence-electron chi connectivity index (χ3n) is 2.67. The van der Waals surface area contributed by atoms with Gasteiger partial charge in [0.15, 0.2) is 0 Å². The normalized spacial score (nSPS) is 12.3. The zero-order valence-corrected chi connectivity index (χ0v) is 12.6.